The minimum atomic E-state index is 0.894. The Morgan fingerprint density at radius 3 is 2.76 bits per heavy atom. The Hall–Kier alpha value is -1.32. The van der Waals surface area contributed by atoms with E-state index in [2.05, 4.69) is 27.1 Å². The molecule has 1 aliphatic heterocycles. The van der Waals surface area contributed by atoms with Crippen LogP contribution in [0.2, 0.25) is 0 Å². The van der Waals surface area contributed by atoms with Crippen molar-refractivity contribution in [1.82, 2.24) is 9.97 Å². The summed E-state index contributed by atoms with van der Waals surface area (Å²) in [6, 6.07) is 2.03. The van der Waals surface area contributed by atoms with Crippen LogP contribution in [0.4, 0.5) is 11.6 Å². The maximum Gasteiger partial charge on any atom is 0.134 e. The van der Waals surface area contributed by atoms with Crippen LogP contribution in [0.25, 0.3) is 0 Å². The highest BCUT2D eigenvalue weighted by Gasteiger charge is 2.19. The molecule has 1 aromatic heterocycles. The fourth-order valence-electron chi connectivity index (χ4n) is 2.52. The molecule has 0 bridgehead atoms. The van der Waals surface area contributed by atoms with Gasteiger partial charge in [0.05, 0.1) is 0 Å². The van der Waals surface area contributed by atoms with Gasteiger partial charge in [0.1, 0.15) is 18.0 Å². The standard InChI is InChI=1S/C13H22N4/c1-3-4-11-5-7-17(8-6-11)13-9-12(14-2)15-10-16-13/h9-11H,3-8H2,1-2H3,(H,14,15,16). The number of hydrogen-bond donors (Lipinski definition) is 1. The van der Waals surface area contributed by atoms with Gasteiger partial charge in [-0.2, -0.15) is 0 Å². The molecule has 0 atom stereocenters. The normalized spacial score (nSPS) is 17.2. The van der Waals surface area contributed by atoms with Crippen molar-refractivity contribution in [3.63, 3.8) is 0 Å². The summed E-state index contributed by atoms with van der Waals surface area (Å²) in [7, 11) is 1.89. The van der Waals surface area contributed by atoms with Gasteiger partial charge in [0.25, 0.3) is 0 Å². The summed E-state index contributed by atoms with van der Waals surface area (Å²) in [5.74, 6) is 2.87. The number of aromatic nitrogens is 2. The fourth-order valence-corrected chi connectivity index (χ4v) is 2.52. The van der Waals surface area contributed by atoms with E-state index in [0.717, 1.165) is 30.6 Å². The number of hydrogen-bond acceptors (Lipinski definition) is 4. The van der Waals surface area contributed by atoms with Crippen molar-refractivity contribution in [2.24, 2.45) is 5.92 Å². The minimum Gasteiger partial charge on any atom is -0.373 e. The topological polar surface area (TPSA) is 41.0 Å². The summed E-state index contributed by atoms with van der Waals surface area (Å²) in [4.78, 5) is 10.9. The van der Waals surface area contributed by atoms with Crippen molar-refractivity contribution in [3.8, 4) is 0 Å². The lowest BCUT2D eigenvalue weighted by molar-refractivity contribution is 0.377. The predicted octanol–water partition coefficient (Wildman–Crippen LogP) is 2.53. The van der Waals surface area contributed by atoms with Crippen LogP contribution in [0.3, 0.4) is 0 Å². The zero-order chi connectivity index (χ0) is 12.1. The second-order valence-corrected chi connectivity index (χ2v) is 4.73. The Kier molecular flexibility index (Phi) is 4.18. The Bertz CT molecular complexity index is 345. The lowest BCUT2D eigenvalue weighted by Gasteiger charge is -2.32. The SMILES string of the molecule is CCCC1CCN(c2cc(NC)ncn2)CC1. The number of piperidine rings is 1. The first-order chi connectivity index (χ1) is 8.33. The average Bonchev–Trinajstić information content (AvgIpc) is 2.40. The molecule has 0 saturated carbocycles. The molecule has 4 heteroatoms. The van der Waals surface area contributed by atoms with Crippen molar-refractivity contribution in [2.45, 2.75) is 32.6 Å². The van der Waals surface area contributed by atoms with Gasteiger partial charge in [-0.1, -0.05) is 19.8 Å². The molecule has 2 rings (SSSR count). The van der Waals surface area contributed by atoms with Gasteiger partial charge in [0.15, 0.2) is 0 Å². The molecule has 2 heterocycles. The summed E-state index contributed by atoms with van der Waals surface area (Å²) < 4.78 is 0. The van der Waals surface area contributed by atoms with E-state index in [0.29, 0.717) is 0 Å². The molecule has 0 spiro atoms. The first-order valence-electron chi connectivity index (χ1n) is 6.58. The van der Waals surface area contributed by atoms with Crippen LogP contribution in [0.5, 0.6) is 0 Å². The van der Waals surface area contributed by atoms with Crippen molar-refractivity contribution in [3.05, 3.63) is 12.4 Å². The van der Waals surface area contributed by atoms with Crippen molar-refractivity contribution in [1.29, 1.82) is 0 Å². The van der Waals surface area contributed by atoms with E-state index in [-0.39, 0.29) is 0 Å². The number of nitrogens with zero attached hydrogens (tertiary/aromatic N) is 3. The summed E-state index contributed by atoms with van der Waals surface area (Å²) in [5.41, 5.74) is 0. The third kappa shape index (κ3) is 3.08. The Labute approximate surface area is 103 Å². The van der Waals surface area contributed by atoms with Gasteiger partial charge in [-0.05, 0) is 18.8 Å². The molecule has 17 heavy (non-hydrogen) atoms. The molecule has 1 fully saturated rings. The Morgan fingerprint density at radius 2 is 2.12 bits per heavy atom. The first-order valence-corrected chi connectivity index (χ1v) is 6.58. The molecule has 1 aliphatic rings. The lowest BCUT2D eigenvalue weighted by Crippen LogP contribution is -2.34. The second kappa shape index (κ2) is 5.84. The van der Waals surface area contributed by atoms with Crippen LogP contribution < -0.4 is 10.2 Å². The van der Waals surface area contributed by atoms with Gasteiger partial charge in [-0.3, -0.25) is 0 Å². The van der Waals surface area contributed by atoms with E-state index in [9.17, 15) is 0 Å². The summed E-state index contributed by atoms with van der Waals surface area (Å²) >= 11 is 0. The van der Waals surface area contributed by atoms with Crippen LogP contribution in [0.1, 0.15) is 32.6 Å². The maximum atomic E-state index is 4.36. The Balaban J connectivity index is 1.95. The van der Waals surface area contributed by atoms with E-state index in [4.69, 9.17) is 0 Å². The quantitative estimate of drug-likeness (QED) is 0.869. The monoisotopic (exact) mass is 234 g/mol. The third-order valence-electron chi connectivity index (χ3n) is 3.54. The van der Waals surface area contributed by atoms with Gasteiger partial charge in [0, 0.05) is 26.2 Å². The van der Waals surface area contributed by atoms with Crippen molar-refractivity contribution < 1.29 is 0 Å². The van der Waals surface area contributed by atoms with Gasteiger partial charge in [-0.15, -0.1) is 0 Å². The number of rotatable bonds is 4. The van der Waals surface area contributed by atoms with Gasteiger partial charge in [0.2, 0.25) is 0 Å². The molecule has 0 amide bonds. The van der Waals surface area contributed by atoms with E-state index in [1.54, 1.807) is 6.33 Å². The average molecular weight is 234 g/mol. The zero-order valence-corrected chi connectivity index (χ0v) is 10.8. The van der Waals surface area contributed by atoms with E-state index in [1.807, 2.05) is 13.1 Å². The first kappa shape index (κ1) is 12.1. The third-order valence-corrected chi connectivity index (χ3v) is 3.54. The molecular weight excluding hydrogens is 212 g/mol. The largest absolute Gasteiger partial charge is 0.373 e. The second-order valence-electron chi connectivity index (χ2n) is 4.73. The van der Waals surface area contributed by atoms with E-state index >= 15 is 0 Å². The summed E-state index contributed by atoms with van der Waals surface area (Å²) in [5, 5.41) is 3.06. The van der Waals surface area contributed by atoms with Crippen LogP contribution in [-0.4, -0.2) is 30.1 Å². The van der Waals surface area contributed by atoms with Gasteiger partial charge < -0.3 is 10.2 Å². The number of nitrogens with one attached hydrogen (secondary N) is 1. The molecular formula is C13H22N4. The predicted molar refractivity (Wildman–Crippen MR) is 71.4 cm³/mol. The molecule has 94 valence electrons. The van der Waals surface area contributed by atoms with Crippen LogP contribution in [-0.2, 0) is 0 Å². The molecule has 4 nitrogen and oxygen atoms in total. The van der Waals surface area contributed by atoms with E-state index < -0.39 is 0 Å². The summed E-state index contributed by atoms with van der Waals surface area (Å²) in [6.45, 7) is 4.53. The lowest BCUT2D eigenvalue weighted by atomic mass is 9.92. The molecule has 1 aromatic rings. The van der Waals surface area contributed by atoms with E-state index in [1.165, 1.54) is 25.7 Å². The molecule has 0 radical (unpaired) electrons. The number of anilines is 2. The molecule has 0 aliphatic carbocycles. The highest BCUT2D eigenvalue weighted by atomic mass is 15.2. The minimum absolute atomic E-state index is 0.894. The molecule has 0 unspecified atom stereocenters. The smallest absolute Gasteiger partial charge is 0.134 e. The van der Waals surface area contributed by atoms with Crippen LogP contribution in [0, 0.1) is 5.92 Å². The van der Waals surface area contributed by atoms with Gasteiger partial charge in [-0.25, -0.2) is 9.97 Å². The van der Waals surface area contributed by atoms with Crippen LogP contribution >= 0.6 is 0 Å². The van der Waals surface area contributed by atoms with Crippen LogP contribution in [0.15, 0.2) is 12.4 Å². The highest BCUT2D eigenvalue weighted by molar-refractivity contribution is 5.48. The fraction of sp³-hybridized carbons (Fsp3) is 0.692. The van der Waals surface area contributed by atoms with Gasteiger partial charge >= 0.3 is 0 Å². The summed E-state index contributed by atoms with van der Waals surface area (Å²) in [6.07, 6.45) is 6.92. The highest BCUT2D eigenvalue weighted by Crippen LogP contribution is 2.25. The van der Waals surface area contributed by atoms with Crippen molar-refractivity contribution >= 4 is 11.6 Å². The zero-order valence-electron chi connectivity index (χ0n) is 10.8. The molecule has 0 aromatic carbocycles. The molecule has 1 N–H and O–H groups in total. The van der Waals surface area contributed by atoms with Crippen molar-refractivity contribution in [2.75, 3.05) is 30.4 Å². The Morgan fingerprint density at radius 1 is 1.35 bits per heavy atom. The maximum absolute atomic E-state index is 4.36. The molecule has 1 saturated heterocycles.